The van der Waals surface area contributed by atoms with Gasteiger partial charge in [-0.05, 0) is 14.1 Å². The zero-order valence-corrected chi connectivity index (χ0v) is 9.12. The molecule has 1 aromatic rings. The topological polar surface area (TPSA) is 66.3 Å². The molecule has 17 heavy (non-hydrogen) atoms. The van der Waals surface area contributed by atoms with Crippen LogP contribution >= 0.6 is 0 Å². The maximum absolute atomic E-state index is 12.3. The van der Waals surface area contributed by atoms with Crippen LogP contribution in [0, 0.1) is 0 Å². The van der Waals surface area contributed by atoms with Gasteiger partial charge in [-0.2, -0.15) is 13.2 Å². The Labute approximate surface area is 94.9 Å². The van der Waals surface area contributed by atoms with Crippen molar-refractivity contribution in [2.45, 2.75) is 12.7 Å². The number of carbonyl (C=O) groups is 1. The predicted molar refractivity (Wildman–Crippen MR) is 51.4 cm³/mol. The molecule has 1 N–H and O–H groups in total. The number of nitrogens with zero attached hydrogens (tertiary/aromatic N) is 3. The lowest BCUT2D eigenvalue weighted by Gasteiger charge is -2.12. The number of hydrogen-bond acceptors (Lipinski definition) is 4. The van der Waals surface area contributed by atoms with Crippen LogP contribution in [0.25, 0.3) is 0 Å². The molecule has 0 spiro atoms. The summed E-state index contributed by atoms with van der Waals surface area (Å²) in [6.45, 7) is 0.153. The molecule has 94 valence electrons. The van der Waals surface area contributed by atoms with Crippen LogP contribution in [0.5, 0.6) is 0 Å². The molecule has 0 aromatic carbocycles. The molecule has 0 radical (unpaired) electrons. The van der Waals surface area contributed by atoms with Crippen molar-refractivity contribution in [3.8, 4) is 0 Å². The molecule has 0 saturated heterocycles. The van der Waals surface area contributed by atoms with E-state index in [4.69, 9.17) is 5.11 Å². The van der Waals surface area contributed by atoms with E-state index in [1.165, 1.54) is 0 Å². The Bertz CT molecular complexity index is 432. The summed E-state index contributed by atoms with van der Waals surface area (Å²) in [6, 6.07) is 0. The average molecular weight is 249 g/mol. The van der Waals surface area contributed by atoms with Crippen LogP contribution in [0.4, 0.5) is 13.2 Å². The van der Waals surface area contributed by atoms with E-state index in [-0.39, 0.29) is 12.1 Å². The van der Waals surface area contributed by atoms with E-state index in [9.17, 15) is 18.0 Å². The summed E-state index contributed by atoms with van der Waals surface area (Å²) in [5.41, 5.74) is -0.489. The highest BCUT2D eigenvalue weighted by Gasteiger charge is 2.35. The molecule has 1 rings (SSSR count). The number of carboxylic acid groups (broad SMARTS) is 1. The number of carboxylic acids is 1. The van der Waals surface area contributed by atoms with Gasteiger partial charge in [0, 0.05) is 18.3 Å². The summed E-state index contributed by atoms with van der Waals surface area (Å²) in [6.07, 6.45) is -3.86. The van der Waals surface area contributed by atoms with Crippen molar-refractivity contribution in [3.63, 3.8) is 0 Å². The SMILES string of the molecule is CN(C)Cc1cnc(C(F)(F)F)nc1C(=O)O. The zero-order chi connectivity index (χ0) is 13.2. The molecule has 1 heterocycles. The smallest absolute Gasteiger partial charge is 0.451 e. The van der Waals surface area contributed by atoms with Gasteiger partial charge in [0.2, 0.25) is 5.82 Å². The van der Waals surface area contributed by atoms with Gasteiger partial charge in [-0.3, -0.25) is 0 Å². The Morgan fingerprint density at radius 2 is 2.06 bits per heavy atom. The van der Waals surface area contributed by atoms with Crippen molar-refractivity contribution in [1.82, 2.24) is 14.9 Å². The third-order valence-electron chi connectivity index (χ3n) is 1.81. The standard InChI is InChI=1S/C9H10F3N3O2/c1-15(2)4-5-3-13-8(9(10,11)12)14-6(5)7(16)17/h3H,4H2,1-2H3,(H,16,17). The zero-order valence-electron chi connectivity index (χ0n) is 9.12. The first-order valence-corrected chi connectivity index (χ1v) is 4.53. The summed E-state index contributed by atoms with van der Waals surface area (Å²) < 4.78 is 36.9. The molecule has 0 aliphatic heterocycles. The maximum atomic E-state index is 12.3. The molecule has 1 aromatic heterocycles. The van der Waals surface area contributed by atoms with Gasteiger partial charge in [0.1, 0.15) is 0 Å². The van der Waals surface area contributed by atoms with Gasteiger partial charge >= 0.3 is 12.1 Å². The van der Waals surface area contributed by atoms with Crippen molar-refractivity contribution >= 4 is 5.97 Å². The Balaban J connectivity index is 3.22. The van der Waals surface area contributed by atoms with E-state index in [1.807, 2.05) is 0 Å². The molecule has 0 saturated carbocycles. The van der Waals surface area contributed by atoms with Crippen molar-refractivity contribution in [3.05, 3.63) is 23.3 Å². The largest absolute Gasteiger partial charge is 0.476 e. The lowest BCUT2D eigenvalue weighted by molar-refractivity contribution is -0.145. The number of aromatic carboxylic acids is 1. The van der Waals surface area contributed by atoms with E-state index < -0.39 is 23.7 Å². The molecule has 0 fully saturated rings. The highest BCUT2D eigenvalue weighted by Crippen LogP contribution is 2.26. The first kappa shape index (κ1) is 13.4. The van der Waals surface area contributed by atoms with Gasteiger partial charge in [0.15, 0.2) is 5.69 Å². The quantitative estimate of drug-likeness (QED) is 0.873. The van der Waals surface area contributed by atoms with Gasteiger partial charge in [-0.25, -0.2) is 14.8 Å². The van der Waals surface area contributed by atoms with Gasteiger partial charge in [0.05, 0.1) is 0 Å². The van der Waals surface area contributed by atoms with Gasteiger partial charge < -0.3 is 10.0 Å². The van der Waals surface area contributed by atoms with Crippen LogP contribution in [0.15, 0.2) is 6.20 Å². The predicted octanol–water partition coefficient (Wildman–Crippen LogP) is 1.26. The summed E-state index contributed by atoms with van der Waals surface area (Å²) in [7, 11) is 3.31. The molecule has 0 atom stereocenters. The summed E-state index contributed by atoms with van der Waals surface area (Å²) in [5.74, 6) is -2.95. The number of alkyl halides is 3. The Hall–Kier alpha value is -1.70. The molecule has 8 heteroatoms. The lowest BCUT2D eigenvalue weighted by atomic mass is 10.2. The van der Waals surface area contributed by atoms with Crippen molar-refractivity contribution in [2.24, 2.45) is 0 Å². The van der Waals surface area contributed by atoms with Crippen LogP contribution in [0.3, 0.4) is 0 Å². The van der Waals surface area contributed by atoms with Crippen LogP contribution in [0.2, 0.25) is 0 Å². The second kappa shape index (κ2) is 4.66. The van der Waals surface area contributed by atoms with E-state index in [0.717, 1.165) is 6.20 Å². The third kappa shape index (κ3) is 3.38. The highest BCUT2D eigenvalue weighted by atomic mass is 19.4. The second-order valence-electron chi connectivity index (χ2n) is 3.61. The Kier molecular flexibility index (Phi) is 3.66. The van der Waals surface area contributed by atoms with Crippen LogP contribution in [-0.2, 0) is 12.7 Å². The minimum atomic E-state index is -4.75. The lowest BCUT2D eigenvalue weighted by Crippen LogP contribution is -2.20. The average Bonchev–Trinajstić information content (AvgIpc) is 2.15. The van der Waals surface area contributed by atoms with E-state index >= 15 is 0 Å². The van der Waals surface area contributed by atoms with Crippen LogP contribution in [-0.4, -0.2) is 40.0 Å². The first-order valence-electron chi connectivity index (χ1n) is 4.53. The number of aromatic nitrogens is 2. The van der Waals surface area contributed by atoms with E-state index in [0.29, 0.717) is 0 Å². The van der Waals surface area contributed by atoms with Gasteiger partial charge in [0.25, 0.3) is 0 Å². The normalized spacial score (nSPS) is 11.9. The van der Waals surface area contributed by atoms with Gasteiger partial charge in [-0.15, -0.1) is 0 Å². The maximum Gasteiger partial charge on any atom is 0.451 e. The minimum absolute atomic E-state index is 0.135. The van der Waals surface area contributed by atoms with Crippen molar-refractivity contribution in [1.29, 1.82) is 0 Å². The van der Waals surface area contributed by atoms with Crippen LogP contribution in [0.1, 0.15) is 21.9 Å². The number of rotatable bonds is 3. The molecule has 0 aliphatic carbocycles. The molecular formula is C9H10F3N3O2. The van der Waals surface area contributed by atoms with E-state index in [2.05, 4.69) is 9.97 Å². The minimum Gasteiger partial charge on any atom is -0.476 e. The Morgan fingerprint density at radius 1 is 1.47 bits per heavy atom. The first-order chi connectivity index (χ1) is 7.71. The Morgan fingerprint density at radius 3 is 2.47 bits per heavy atom. The van der Waals surface area contributed by atoms with E-state index in [1.54, 1.807) is 19.0 Å². The molecule has 5 nitrogen and oxygen atoms in total. The number of hydrogen-bond donors (Lipinski definition) is 1. The molecule has 0 aliphatic rings. The molecular weight excluding hydrogens is 239 g/mol. The van der Waals surface area contributed by atoms with Crippen molar-refractivity contribution in [2.75, 3.05) is 14.1 Å². The monoisotopic (exact) mass is 249 g/mol. The fourth-order valence-electron chi connectivity index (χ4n) is 1.18. The van der Waals surface area contributed by atoms with Crippen molar-refractivity contribution < 1.29 is 23.1 Å². The second-order valence-corrected chi connectivity index (χ2v) is 3.61. The summed E-state index contributed by atoms with van der Waals surface area (Å²) >= 11 is 0. The summed E-state index contributed by atoms with van der Waals surface area (Å²) in [5, 5.41) is 8.79. The number of halogens is 3. The molecule has 0 unspecified atom stereocenters. The molecule has 0 amide bonds. The fraction of sp³-hybridized carbons (Fsp3) is 0.444. The highest BCUT2D eigenvalue weighted by molar-refractivity contribution is 5.86. The van der Waals surface area contributed by atoms with Crippen LogP contribution < -0.4 is 0 Å². The van der Waals surface area contributed by atoms with Gasteiger partial charge in [-0.1, -0.05) is 0 Å². The molecule has 0 bridgehead atoms. The summed E-state index contributed by atoms with van der Waals surface area (Å²) in [4.78, 5) is 18.6. The fourth-order valence-corrected chi connectivity index (χ4v) is 1.18. The third-order valence-corrected chi connectivity index (χ3v) is 1.81.